The summed E-state index contributed by atoms with van der Waals surface area (Å²) in [5.41, 5.74) is 1.48. The van der Waals surface area contributed by atoms with Crippen molar-refractivity contribution in [2.24, 2.45) is 0 Å². The van der Waals surface area contributed by atoms with Crippen molar-refractivity contribution in [3.05, 3.63) is 47.9 Å². The molecule has 0 saturated carbocycles. The third-order valence-corrected chi connectivity index (χ3v) is 3.80. The molecule has 1 aromatic heterocycles. The molecule has 0 saturated heterocycles. The minimum Gasteiger partial charge on any atom is -0.337 e. The molecule has 5 nitrogen and oxygen atoms in total. The van der Waals surface area contributed by atoms with Crippen molar-refractivity contribution in [3.8, 4) is 0 Å². The highest BCUT2D eigenvalue weighted by molar-refractivity contribution is 5.93. The maximum atomic E-state index is 12.8. The summed E-state index contributed by atoms with van der Waals surface area (Å²) >= 11 is 0. The van der Waals surface area contributed by atoms with Crippen molar-refractivity contribution in [2.45, 2.75) is 33.6 Å². The van der Waals surface area contributed by atoms with E-state index in [9.17, 15) is 4.79 Å². The number of amides is 1. The molecule has 0 radical (unpaired) electrons. The van der Waals surface area contributed by atoms with Gasteiger partial charge in [-0.05, 0) is 31.9 Å². The lowest BCUT2D eigenvalue weighted by Crippen LogP contribution is -2.33. The Labute approximate surface area is 144 Å². The van der Waals surface area contributed by atoms with Crippen LogP contribution in [0.1, 0.15) is 43.0 Å². The fourth-order valence-corrected chi connectivity index (χ4v) is 2.63. The number of aryl methyl sites for hydroxylation is 1. The Kier molecular flexibility index (Phi) is 6.29. The largest absolute Gasteiger partial charge is 0.337 e. The third-order valence-electron chi connectivity index (χ3n) is 3.80. The second-order valence-electron chi connectivity index (χ2n) is 5.85. The van der Waals surface area contributed by atoms with Gasteiger partial charge in [0.05, 0.1) is 0 Å². The summed E-state index contributed by atoms with van der Waals surface area (Å²) in [6.45, 7) is 7.48. The quantitative estimate of drug-likeness (QED) is 0.776. The molecule has 0 aliphatic heterocycles. The molecule has 0 bridgehead atoms. The number of carbonyl (C=O) groups is 1. The van der Waals surface area contributed by atoms with E-state index in [1.165, 1.54) is 0 Å². The molecule has 0 aliphatic carbocycles. The topological polar surface area (TPSA) is 49.3 Å². The Hall–Kier alpha value is -2.43. The van der Waals surface area contributed by atoms with Crippen molar-refractivity contribution in [1.82, 2.24) is 14.9 Å². The van der Waals surface area contributed by atoms with Gasteiger partial charge in [-0.15, -0.1) is 0 Å². The Morgan fingerprint density at radius 1 is 1.04 bits per heavy atom. The minimum atomic E-state index is -0.0214. The SMILES string of the molecule is CCCN(CCC)C(=O)c1cc(N(C)c2ccccc2)nc(C)n1. The van der Waals surface area contributed by atoms with Gasteiger partial charge in [-0.2, -0.15) is 0 Å². The van der Waals surface area contributed by atoms with Gasteiger partial charge in [0, 0.05) is 31.9 Å². The predicted octanol–water partition coefficient (Wildman–Crippen LogP) is 3.82. The first-order chi connectivity index (χ1) is 11.6. The van der Waals surface area contributed by atoms with E-state index in [0.717, 1.165) is 37.4 Å². The van der Waals surface area contributed by atoms with Crippen LogP contribution in [0.15, 0.2) is 36.4 Å². The van der Waals surface area contributed by atoms with Crippen LogP contribution in [0.5, 0.6) is 0 Å². The van der Waals surface area contributed by atoms with E-state index in [1.807, 2.05) is 54.1 Å². The fourth-order valence-electron chi connectivity index (χ4n) is 2.63. The van der Waals surface area contributed by atoms with E-state index in [2.05, 4.69) is 23.8 Å². The summed E-state index contributed by atoms with van der Waals surface area (Å²) in [7, 11) is 1.95. The first kappa shape index (κ1) is 17.9. The highest BCUT2D eigenvalue weighted by Gasteiger charge is 2.18. The summed E-state index contributed by atoms with van der Waals surface area (Å²) in [5.74, 6) is 1.31. The molecular weight excluding hydrogens is 300 g/mol. The molecule has 2 aromatic rings. The van der Waals surface area contributed by atoms with Crippen molar-refractivity contribution in [2.75, 3.05) is 25.0 Å². The van der Waals surface area contributed by atoms with Gasteiger partial charge < -0.3 is 9.80 Å². The zero-order valence-corrected chi connectivity index (χ0v) is 15.0. The van der Waals surface area contributed by atoms with E-state index in [4.69, 9.17) is 0 Å². The van der Waals surface area contributed by atoms with E-state index in [1.54, 1.807) is 6.07 Å². The van der Waals surface area contributed by atoms with Crippen LogP contribution in [0, 0.1) is 6.92 Å². The number of anilines is 2. The second kappa shape index (κ2) is 8.43. The average molecular weight is 326 g/mol. The van der Waals surface area contributed by atoms with Gasteiger partial charge in [-0.25, -0.2) is 9.97 Å². The van der Waals surface area contributed by atoms with Gasteiger partial charge in [0.25, 0.3) is 5.91 Å². The summed E-state index contributed by atoms with van der Waals surface area (Å²) in [6.07, 6.45) is 1.87. The summed E-state index contributed by atoms with van der Waals surface area (Å²) in [6, 6.07) is 11.7. The van der Waals surface area contributed by atoms with Crippen LogP contribution in [0.2, 0.25) is 0 Å². The molecule has 1 heterocycles. The number of hydrogen-bond donors (Lipinski definition) is 0. The second-order valence-corrected chi connectivity index (χ2v) is 5.85. The van der Waals surface area contributed by atoms with Crippen LogP contribution in [-0.4, -0.2) is 40.9 Å². The number of rotatable bonds is 7. The van der Waals surface area contributed by atoms with E-state index in [-0.39, 0.29) is 5.91 Å². The van der Waals surface area contributed by atoms with Gasteiger partial charge in [0.2, 0.25) is 0 Å². The third kappa shape index (κ3) is 4.31. The van der Waals surface area contributed by atoms with E-state index in [0.29, 0.717) is 11.5 Å². The first-order valence-corrected chi connectivity index (χ1v) is 8.50. The molecule has 2 rings (SSSR count). The van der Waals surface area contributed by atoms with Gasteiger partial charge >= 0.3 is 0 Å². The Morgan fingerprint density at radius 3 is 2.25 bits per heavy atom. The summed E-state index contributed by atoms with van der Waals surface area (Å²) in [4.78, 5) is 25.5. The zero-order valence-electron chi connectivity index (χ0n) is 15.0. The molecule has 0 fully saturated rings. The first-order valence-electron chi connectivity index (χ1n) is 8.50. The Balaban J connectivity index is 2.32. The molecule has 0 aliphatic rings. The monoisotopic (exact) mass is 326 g/mol. The van der Waals surface area contributed by atoms with Crippen LogP contribution in [0.4, 0.5) is 11.5 Å². The number of nitrogens with zero attached hydrogens (tertiary/aromatic N) is 4. The van der Waals surface area contributed by atoms with Crippen molar-refractivity contribution in [1.29, 1.82) is 0 Å². The standard InChI is InChI=1S/C19H26N4O/c1-5-12-23(13-6-2)19(24)17-14-18(21-15(3)20-17)22(4)16-10-8-7-9-11-16/h7-11,14H,5-6,12-13H2,1-4H3. The molecule has 1 amide bonds. The van der Waals surface area contributed by atoms with Crippen molar-refractivity contribution < 1.29 is 4.79 Å². The molecule has 24 heavy (non-hydrogen) atoms. The molecular formula is C19H26N4O. The smallest absolute Gasteiger partial charge is 0.272 e. The molecule has 128 valence electrons. The predicted molar refractivity (Wildman–Crippen MR) is 97.8 cm³/mol. The number of carbonyl (C=O) groups excluding carboxylic acids is 1. The van der Waals surface area contributed by atoms with Crippen LogP contribution in [0.3, 0.4) is 0 Å². The van der Waals surface area contributed by atoms with E-state index >= 15 is 0 Å². The van der Waals surface area contributed by atoms with Crippen molar-refractivity contribution in [3.63, 3.8) is 0 Å². The highest BCUT2D eigenvalue weighted by Crippen LogP contribution is 2.22. The molecule has 0 unspecified atom stereocenters. The Bertz CT molecular complexity index is 666. The van der Waals surface area contributed by atoms with Crippen LogP contribution in [-0.2, 0) is 0 Å². The summed E-state index contributed by atoms with van der Waals surface area (Å²) < 4.78 is 0. The van der Waals surface area contributed by atoms with Gasteiger partial charge in [0.15, 0.2) is 0 Å². The van der Waals surface area contributed by atoms with Gasteiger partial charge in [0.1, 0.15) is 17.3 Å². The molecule has 5 heteroatoms. The summed E-state index contributed by atoms with van der Waals surface area (Å²) in [5, 5.41) is 0. The maximum Gasteiger partial charge on any atom is 0.272 e. The lowest BCUT2D eigenvalue weighted by atomic mass is 10.2. The molecule has 0 atom stereocenters. The lowest BCUT2D eigenvalue weighted by molar-refractivity contribution is 0.0749. The lowest BCUT2D eigenvalue weighted by Gasteiger charge is -2.23. The number of hydrogen-bond acceptors (Lipinski definition) is 4. The fraction of sp³-hybridized carbons (Fsp3) is 0.421. The van der Waals surface area contributed by atoms with Crippen LogP contribution >= 0.6 is 0 Å². The van der Waals surface area contributed by atoms with Gasteiger partial charge in [-0.3, -0.25) is 4.79 Å². The van der Waals surface area contributed by atoms with Crippen LogP contribution < -0.4 is 4.90 Å². The zero-order chi connectivity index (χ0) is 17.5. The Morgan fingerprint density at radius 2 is 1.67 bits per heavy atom. The normalized spacial score (nSPS) is 10.5. The van der Waals surface area contributed by atoms with Crippen LogP contribution in [0.25, 0.3) is 0 Å². The maximum absolute atomic E-state index is 12.8. The minimum absolute atomic E-state index is 0.0214. The number of aromatic nitrogens is 2. The number of para-hydroxylation sites is 1. The number of benzene rings is 1. The highest BCUT2D eigenvalue weighted by atomic mass is 16.2. The molecule has 0 spiro atoms. The molecule has 0 N–H and O–H groups in total. The van der Waals surface area contributed by atoms with E-state index < -0.39 is 0 Å². The van der Waals surface area contributed by atoms with Gasteiger partial charge in [-0.1, -0.05) is 32.0 Å². The van der Waals surface area contributed by atoms with Crippen molar-refractivity contribution >= 4 is 17.4 Å². The average Bonchev–Trinajstić information content (AvgIpc) is 2.60. The molecule has 1 aromatic carbocycles.